The lowest BCUT2D eigenvalue weighted by molar-refractivity contribution is -0.121. The van der Waals surface area contributed by atoms with E-state index in [1.807, 2.05) is 0 Å². The molecule has 2 atom stereocenters. The molecule has 1 aromatic rings. The number of hydrazone groups is 1. The SMILES string of the molecule is CC1(C)[C@@H]2CC[C@]1(C)/C(=N/NC(=O)CCC(=O)c1ccc(F)cc1)C2. The number of fused-ring (bicyclic) bond motifs is 2. The van der Waals surface area contributed by atoms with Crippen LogP contribution in [0.2, 0.25) is 0 Å². The number of carbonyl (C=O) groups is 2. The van der Waals surface area contributed by atoms with Gasteiger partial charge in [0.05, 0.1) is 0 Å². The Morgan fingerprint density at radius 1 is 1.20 bits per heavy atom. The fourth-order valence-corrected chi connectivity index (χ4v) is 4.29. The Bertz CT molecular complexity index is 724. The maximum Gasteiger partial charge on any atom is 0.240 e. The van der Waals surface area contributed by atoms with Gasteiger partial charge in [-0.2, -0.15) is 5.10 Å². The van der Waals surface area contributed by atoms with Crippen LogP contribution in [0.4, 0.5) is 4.39 Å². The maximum atomic E-state index is 12.9. The highest BCUT2D eigenvalue weighted by Gasteiger charge is 2.59. The number of Topliss-reactive ketones (excluding diaryl/α,β-unsaturated/α-hetero) is 1. The van der Waals surface area contributed by atoms with Crippen LogP contribution >= 0.6 is 0 Å². The first-order chi connectivity index (χ1) is 11.7. The van der Waals surface area contributed by atoms with E-state index >= 15 is 0 Å². The minimum Gasteiger partial charge on any atom is -0.294 e. The molecule has 2 aliphatic rings. The van der Waals surface area contributed by atoms with Gasteiger partial charge in [0.15, 0.2) is 5.78 Å². The van der Waals surface area contributed by atoms with Crippen LogP contribution in [0.5, 0.6) is 0 Å². The Kier molecular flexibility index (Phi) is 4.52. The smallest absolute Gasteiger partial charge is 0.240 e. The van der Waals surface area contributed by atoms with Gasteiger partial charge in [-0.05, 0) is 54.9 Å². The number of benzene rings is 1. The molecule has 1 N–H and O–H groups in total. The third-order valence-electron chi connectivity index (χ3n) is 6.57. The number of amides is 1. The highest BCUT2D eigenvalue weighted by molar-refractivity contribution is 5.98. The fourth-order valence-electron chi connectivity index (χ4n) is 4.29. The maximum absolute atomic E-state index is 12.9. The molecule has 4 nitrogen and oxygen atoms in total. The van der Waals surface area contributed by atoms with Crippen molar-refractivity contribution in [3.05, 3.63) is 35.6 Å². The third kappa shape index (κ3) is 3.12. The molecule has 0 saturated heterocycles. The molecule has 0 heterocycles. The van der Waals surface area contributed by atoms with E-state index in [1.165, 1.54) is 30.7 Å². The molecule has 0 unspecified atom stereocenters. The lowest BCUT2D eigenvalue weighted by Crippen LogP contribution is -2.34. The van der Waals surface area contributed by atoms with E-state index in [4.69, 9.17) is 0 Å². The van der Waals surface area contributed by atoms with E-state index < -0.39 is 0 Å². The first-order valence-electron chi connectivity index (χ1n) is 8.89. The van der Waals surface area contributed by atoms with Crippen LogP contribution in [-0.4, -0.2) is 17.4 Å². The van der Waals surface area contributed by atoms with Crippen LogP contribution in [0.15, 0.2) is 29.4 Å². The van der Waals surface area contributed by atoms with Gasteiger partial charge in [-0.1, -0.05) is 20.8 Å². The summed E-state index contributed by atoms with van der Waals surface area (Å²) in [5, 5.41) is 4.39. The Morgan fingerprint density at radius 3 is 2.44 bits per heavy atom. The van der Waals surface area contributed by atoms with Crippen molar-refractivity contribution in [2.24, 2.45) is 21.8 Å². The first kappa shape index (κ1) is 17.8. The van der Waals surface area contributed by atoms with Crippen molar-refractivity contribution in [2.45, 2.75) is 52.9 Å². The molecule has 0 spiro atoms. The number of hydrogen-bond acceptors (Lipinski definition) is 3. The molecule has 5 heteroatoms. The Labute approximate surface area is 147 Å². The van der Waals surface area contributed by atoms with Crippen LogP contribution in [0.1, 0.15) is 63.2 Å². The standard InChI is InChI=1S/C20H25FN2O2/c1-19(2)14-10-11-20(19,3)17(12-14)22-23-18(25)9-8-16(24)13-4-6-15(21)7-5-13/h4-7,14H,8-12H2,1-3H3,(H,23,25)/b22-17+/t14-,20-/m1/s1. The number of ketones is 1. The van der Waals surface area contributed by atoms with Gasteiger partial charge >= 0.3 is 0 Å². The molecule has 1 amide bonds. The van der Waals surface area contributed by atoms with Crippen molar-refractivity contribution in [1.82, 2.24) is 5.43 Å². The van der Waals surface area contributed by atoms with Gasteiger partial charge in [0, 0.05) is 29.5 Å². The highest BCUT2D eigenvalue weighted by Crippen LogP contribution is 2.63. The predicted octanol–water partition coefficient (Wildman–Crippen LogP) is 4.11. The molecule has 3 rings (SSSR count). The quantitative estimate of drug-likeness (QED) is 0.645. The van der Waals surface area contributed by atoms with Crippen molar-refractivity contribution < 1.29 is 14.0 Å². The number of nitrogens with one attached hydrogen (secondary N) is 1. The van der Waals surface area contributed by atoms with Gasteiger partial charge in [-0.25, -0.2) is 9.82 Å². The Balaban J connectivity index is 1.54. The van der Waals surface area contributed by atoms with E-state index in [2.05, 4.69) is 31.3 Å². The monoisotopic (exact) mass is 344 g/mol. The second-order valence-corrected chi connectivity index (χ2v) is 8.02. The summed E-state index contributed by atoms with van der Waals surface area (Å²) >= 11 is 0. The van der Waals surface area contributed by atoms with Crippen LogP contribution in [0.25, 0.3) is 0 Å². The summed E-state index contributed by atoms with van der Waals surface area (Å²) in [6.07, 6.45) is 3.45. The van der Waals surface area contributed by atoms with E-state index in [-0.39, 0.29) is 41.2 Å². The van der Waals surface area contributed by atoms with Gasteiger partial charge < -0.3 is 0 Å². The van der Waals surface area contributed by atoms with Crippen LogP contribution in [0, 0.1) is 22.6 Å². The molecular weight excluding hydrogens is 319 g/mol. The van der Waals surface area contributed by atoms with E-state index in [1.54, 1.807) is 0 Å². The van der Waals surface area contributed by atoms with Gasteiger partial charge in [0.1, 0.15) is 5.82 Å². The summed E-state index contributed by atoms with van der Waals surface area (Å²) in [4.78, 5) is 24.1. The summed E-state index contributed by atoms with van der Waals surface area (Å²) in [5.41, 5.74) is 4.39. The lowest BCUT2D eigenvalue weighted by atomic mass is 9.70. The van der Waals surface area contributed by atoms with Crippen molar-refractivity contribution in [2.75, 3.05) is 0 Å². The molecule has 25 heavy (non-hydrogen) atoms. The summed E-state index contributed by atoms with van der Waals surface area (Å²) < 4.78 is 12.9. The largest absolute Gasteiger partial charge is 0.294 e. The van der Waals surface area contributed by atoms with Crippen LogP contribution in [-0.2, 0) is 4.79 Å². The number of rotatable bonds is 5. The summed E-state index contributed by atoms with van der Waals surface area (Å²) in [5.74, 6) is -0.177. The molecule has 0 radical (unpaired) electrons. The van der Waals surface area contributed by atoms with Gasteiger partial charge in [0.2, 0.25) is 5.91 Å². The zero-order valence-electron chi connectivity index (χ0n) is 15.1. The van der Waals surface area contributed by atoms with Crippen molar-refractivity contribution in [3.63, 3.8) is 0 Å². The average molecular weight is 344 g/mol. The van der Waals surface area contributed by atoms with Gasteiger partial charge in [-0.15, -0.1) is 0 Å². The first-order valence-corrected chi connectivity index (χ1v) is 8.89. The minimum absolute atomic E-state index is 0.0505. The van der Waals surface area contributed by atoms with E-state index in [0.29, 0.717) is 11.5 Å². The molecule has 2 aliphatic carbocycles. The minimum atomic E-state index is -0.382. The molecule has 2 bridgehead atoms. The second-order valence-electron chi connectivity index (χ2n) is 8.02. The topological polar surface area (TPSA) is 58.5 Å². The van der Waals surface area contributed by atoms with E-state index in [9.17, 15) is 14.0 Å². The lowest BCUT2D eigenvalue weighted by Gasteiger charge is -2.34. The number of carbonyl (C=O) groups excluding carboxylic acids is 2. The zero-order chi connectivity index (χ0) is 18.2. The molecule has 0 aliphatic heterocycles. The van der Waals surface area contributed by atoms with Crippen LogP contribution in [0.3, 0.4) is 0 Å². The summed E-state index contributed by atoms with van der Waals surface area (Å²) in [6.45, 7) is 6.82. The predicted molar refractivity (Wildman–Crippen MR) is 94.8 cm³/mol. The average Bonchev–Trinajstić information content (AvgIpc) is 2.91. The van der Waals surface area contributed by atoms with E-state index in [0.717, 1.165) is 18.6 Å². The number of nitrogens with zero attached hydrogens (tertiary/aromatic N) is 1. The van der Waals surface area contributed by atoms with Gasteiger partial charge in [0.25, 0.3) is 0 Å². The summed E-state index contributed by atoms with van der Waals surface area (Å²) in [6, 6.07) is 5.37. The second kappa shape index (κ2) is 6.36. The van der Waals surface area contributed by atoms with Gasteiger partial charge in [-0.3, -0.25) is 9.59 Å². The molecule has 2 fully saturated rings. The highest BCUT2D eigenvalue weighted by atomic mass is 19.1. The number of halogens is 1. The summed E-state index contributed by atoms with van der Waals surface area (Å²) in [7, 11) is 0. The molecule has 2 saturated carbocycles. The Hall–Kier alpha value is -2.04. The zero-order valence-corrected chi connectivity index (χ0v) is 15.1. The van der Waals surface area contributed by atoms with Crippen molar-refractivity contribution >= 4 is 17.4 Å². The Morgan fingerprint density at radius 2 is 1.88 bits per heavy atom. The van der Waals surface area contributed by atoms with Crippen molar-refractivity contribution in [1.29, 1.82) is 0 Å². The fraction of sp³-hybridized carbons (Fsp3) is 0.550. The molecular formula is C20H25FN2O2. The van der Waals surface area contributed by atoms with Crippen LogP contribution < -0.4 is 5.43 Å². The molecule has 134 valence electrons. The normalized spacial score (nSPS) is 28.3. The third-order valence-corrected chi connectivity index (χ3v) is 6.57. The van der Waals surface area contributed by atoms with Crippen molar-refractivity contribution in [3.8, 4) is 0 Å². The number of hydrogen-bond donors (Lipinski definition) is 1. The molecule has 1 aromatic carbocycles. The molecule has 0 aromatic heterocycles.